The van der Waals surface area contributed by atoms with Crippen molar-refractivity contribution < 1.29 is 28.7 Å². The monoisotopic (exact) mass is 863 g/mol. The summed E-state index contributed by atoms with van der Waals surface area (Å²) in [7, 11) is 3.63. The largest absolute Gasteiger partial charge is 0.382 e. The number of hydrogen-bond acceptors (Lipinski definition) is 10. The number of pyridine rings is 3. The summed E-state index contributed by atoms with van der Waals surface area (Å²) >= 11 is 6.42. The third kappa shape index (κ3) is 10.5. The number of ether oxygens (including phenoxy) is 2. The van der Waals surface area contributed by atoms with Crippen LogP contribution in [-0.2, 0) is 32.7 Å². The zero-order chi connectivity index (χ0) is 43.8. The number of rotatable bonds is 11. The van der Waals surface area contributed by atoms with Crippen molar-refractivity contribution in [2.24, 2.45) is 12.5 Å². The topological polar surface area (TPSA) is 164 Å². The maximum Gasteiger partial charge on any atom is 0.328 e. The molecule has 0 unspecified atom stereocenters. The molecule has 0 aliphatic carbocycles. The van der Waals surface area contributed by atoms with Gasteiger partial charge in [-0.05, 0) is 99.1 Å². The van der Waals surface area contributed by atoms with Crippen molar-refractivity contribution in [2.75, 3.05) is 69.9 Å². The molecule has 326 valence electrons. The van der Waals surface area contributed by atoms with Gasteiger partial charge in [0.05, 0.1) is 47.0 Å². The van der Waals surface area contributed by atoms with E-state index in [0.29, 0.717) is 48.4 Å². The van der Waals surface area contributed by atoms with E-state index >= 15 is 0 Å². The van der Waals surface area contributed by atoms with Crippen molar-refractivity contribution in [1.29, 1.82) is 0 Å². The number of carbonyl (C=O) groups excluding carboxylic acids is 4. The smallest absolute Gasteiger partial charge is 0.328 e. The van der Waals surface area contributed by atoms with Crippen LogP contribution < -0.4 is 15.5 Å². The van der Waals surface area contributed by atoms with Crippen molar-refractivity contribution in [2.45, 2.75) is 52.5 Å². The normalized spacial score (nSPS) is 16.5. The molecule has 8 rings (SSSR count). The zero-order valence-electron chi connectivity index (χ0n) is 35.8. The van der Waals surface area contributed by atoms with Crippen molar-refractivity contribution in [3.05, 3.63) is 89.5 Å². The Hall–Kier alpha value is -5.74. The highest BCUT2D eigenvalue weighted by Crippen LogP contribution is 2.42. The second kappa shape index (κ2) is 20.0. The molecule has 3 aliphatic rings. The van der Waals surface area contributed by atoms with E-state index in [1.807, 2.05) is 54.0 Å². The van der Waals surface area contributed by atoms with E-state index in [1.54, 1.807) is 37.7 Å². The molecule has 15 nitrogen and oxygen atoms in total. The SMILES string of the molecule is CC(=O)Nc1cc2c(-c3cc(-c4ccc(CN5CCC6(CC5)CCN(C(=O)c5ccc(Cl)c(N7CCC(=O)NC7=O)c5)CC6)cn4)ccn3)cn(C)c2cn1.CCOCCOC. The van der Waals surface area contributed by atoms with E-state index in [9.17, 15) is 19.2 Å². The van der Waals surface area contributed by atoms with Gasteiger partial charge >= 0.3 is 6.03 Å². The molecule has 0 saturated carbocycles. The Morgan fingerprint density at radius 1 is 0.903 bits per heavy atom. The minimum absolute atomic E-state index is 0.0685. The van der Waals surface area contributed by atoms with Gasteiger partial charge in [-0.25, -0.2) is 9.78 Å². The molecular weight excluding hydrogens is 810 g/mol. The summed E-state index contributed by atoms with van der Waals surface area (Å²) in [5.74, 6) is -0.0604. The Morgan fingerprint density at radius 3 is 2.37 bits per heavy atom. The van der Waals surface area contributed by atoms with Crippen molar-refractivity contribution in [3.63, 3.8) is 0 Å². The Kier molecular flexibility index (Phi) is 14.3. The highest BCUT2D eigenvalue weighted by Gasteiger charge is 2.39. The molecule has 4 aromatic heterocycles. The van der Waals surface area contributed by atoms with E-state index in [1.165, 1.54) is 11.8 Å². The van der Waals surface area contributed by atoms with Gasteiger partial charge in [0, 0.05) is 101 Å². The van der Waals surface area contributed by atoms with Gasteiger partial charge in [0.1, 0.15) is 5.82 Å². The number of halogens is 1. The van der Waals surface area contributed by atoms with Crippen molar-refractivity contribution >= 4 is 57.8 Å². The number of hydrogen-bond donors (Lipinski definition) is 2. The molecule has 3 fully saturated rings. The molecule has 0 atom stereocenters. The molecular formula is C46H54ClN9O6. The summed E-state index contributed by atoms with van der Waals surface area (Å²) in [5, 5.41) is 6.40. The number of benzene rings is 1. The first-order valence-electron chi connectivity index (χ1n) is 21.1. The van der Waals surface area contributed by atoms with Crippen LogP contribution in [-0.4, -0.2) is 113 Å². The summed E-state index contributed by atoms with van der Waals surface area (Å²) in [4.78, 5) is 69.0. The maximum absolute atomic E-state index is 13.6. The Labute approximate surface area is 366 Å². The number of methoxy groups -OCH3 is 1. The number of anilines is 2. The lowest BCUT2D eigenvalue weighted by molar-refractivity contribution is -0.120. The first kappa shape index (κ1) is 44.3. The summed E-state index contributed by atoms with van der Waals surface area (Å²) in [6, 6.07) is 14.6. The fourth-order valence-electron chi connectivity index (χ4n) is 8.40. The van der Waals surface area contributed by atoms with Crippen LogP contribution in [0.1, 0.15) is 61.9 Å². The lowest BCUT2D eigenvalue weighted by atomic mass is 9.71. The van der Waals surface area contributed by atoms with Gasteiger partial charge in [0.2, 0.25) is 11.8 Å². The minimum atomic E-state index is -0.529. The van der Waals surface area contributed by atoms with Crippen LogP contribution in [0.4, 0.5) is 16.3 Å². The predicted molar refractivity (Wildman–Crippen MR) is 239 cm³/mol. The number of aromatic nitrogens is 4. The maximum atomic E-state index is 13.6. The van der Waals surface area contributed by atoms with Crippen LogP contribution in [0.2, 0.25) is 5.02 Å². The standard InChI is InChI=1S/C41H42ClN9O4.C5H12O2/c1-26(52)46-37-21-30-31(25-48(2)36(30)23-45-37)34-19-28(7-13-43-34)33-6-3-27(22-44-33)24-49-15-9-41(10-16-49)11-17-50(18-12-41)39(54)29-4-5-32(42)35(20-29)51-14-8-38(53)47-40(51)55;1-3-7-5-4-6-2/h3-7,13,19-23,25H,8-12,14-18,24H2,1-2H3,(H,45,46,52)(H,47,53,55);3-5H2,1-2H3. The number of aryl methyl sites for hydroxylation is 1. The number of carbonyl (C=O) groups is 4. The van der Waals surface area contributed by atoms with E-state index in [4.69, 9.17) is 26.1 Å². The van der Waals surface area contributed by atoms with E-state index in [2.05, 4.69) is 37.6 Å². The highest BCUT2D eigenvalue weighted by molar-refractivity contribution is 6.34. The van der Waals surface area contributed by atoms with Gasteiger partial charge in [-0.1, -0.05) is 17.7 Å². The van der Waals surface area contributed by atoms with Gasteiger partial charge in [-0.2, -0.15) is 0 Å². The van der Waals surface area contributed by atoms with Gasteiger partial charge in [-0.15, -0.1) is 0 Å². The molecule has 0 bridgehead atoms. The van der Waals surface area contributed by atoms with Crippen LogP contribution in [0, 0.1) is 5.41 Å². The van der Waals surface area contributed by atoms with Crippen LogP contribution in [0.3, 0.4) is 0 Å². The number of fused-ring (bicyclic) bond motifs is 1. The van der Waals surface area contributed by atoms with Gasteiger partial charge < -0.3 is 24.3 Å². The molecule has 2 N–H and O–H groups in total. The van der Waals surface area contributed by atoms with E-state index in [-0.39, 0.29) is 36.1 Å². The van der Waals surface area contributed by atoms with E-state index < -0.39 is 6.03 Å². The lowest BCUT2D eigenvalue weighted by Crippen LogP contribution is -2.50. The second-order valence-corrected chi connectivity index (χ2v) is 16.5. The molecule has 5 amide bonds. The quantitative estimate of drug-likeness (QED) is 0.133. The predicted octanol–water partition coefficient (Wildman–Crippen LogP) is 6.94. The molecule has 5 aromatic rings. The lowest BCUT2D eigenvalue weighted by Gasteiger charge is -2.47. The number of likely N-dealkylation sites (tertiary alicyclic amines) is 2. The summed E-state index contributed by atoms with van der Waals surface area (Å²) in [5.41, 5.74) is 6.86. The molecule has 62 heavy (non-hydrogen) atoms. The second-order valence-electron chi connectivity index (χ2n) is 16.1. The molecule has 16 heteroatoms. The molecule has 1 aromatic carbocycles. The highest BCUT2D eigenvalue weighted by atomic mass is 35.5. The average Bonchev–Trinajstić information content (AvgIpc) is 3.60. The third-order valence-electron chi connectivity index (χ3n) is 11.9. The number of imide groups is 1. The van der Waals surface area contributed by atoms with Crippen molar-refractivity contribution in [1.82, 2.24) is 34.6 Å². The zero-order valence-corrected chi connectivity index (χ0v) is 36.5. The Balaban J connectivity index is 0.000000762. The van der Waals surface area contributed by atoms with Crippen LogP contribution >= 0.6 is 11.6 Å². The third-order valence-corrected chi connectivity index (χ3v) is 12.3. The Morgan fingerprint density at radius 2 is 1.68 bits per heavy atom. The summed E-state index contributed by atoms with van der Waals surface area (Å²) in [6.07, 6.45) is 11.8. The number of amides is 5. The van der Waals surface area contributed by atoms with Gasteiger partial charge in [0.15, 0.2) is 0 Å². The molecule has 1 spiro atoms. The number of nitrogens with one attached hydrogen (secondary N) is 2. The van der Waals surface area contributed by atoms with E-state index in [0.717, 1.165) is 90.9 Å². The van der Waals surface area contributed by atoms with Crippen LogP contribution in [0.25, 0.3) is 33.4 Å². The molecule has 0 radical (unpaired) electrons. The fraction of sp³-hybridized carbons (Fsp3) is 0.413. The van der Waals surface area contributed by atoms with Crippen molar-refractivity contribution in [3.8, 4) is 22.5 Å². The molecule has 7 heterocycles. The van der Waals surface area contributed by atoms with Gasteiger partial charge in [0.25, 0.3) is 5.91 Å². The van der Waals surface area contributed by atoms with Crippen LogP contribution in [0.15, 0.2) is 73.3 Å². The number of piperidine rings is 2. The summed E-state index contributed by atoms with van der Waals surface area (Å²) < 4.78 is 11.7. The molecule has 3 saturated heterocycles. The average molecular weight is 864 g/mol. The fourth-order valence-corrected chi connectivity index (χ4v) is 8.62. The van der Waals surface area contributed by atoms with Gasteiger partial charge in [-0.3, -0.25) is 39.5 Å². The first-order chi connectivity index (χ1) is 30.0. The minimum Gasteiger partial charge on any atom is -0.382 e. The summed E-state index contributed by atoms with van der Waals surface area (Å²) in [6.45, 7) is 10.0. The first-order valence-corrected chi connectivity index (χ1v) is 21.5. The number of nitrogens with zero attached hydrogens (tertiary/aromatic N) is 7. The number of urea groups is 1. The Bertz CT molecular complexity index is 2400. The van der Waals surface area contributed by atoms with Crippen LogP contribution in [0.5, 0.6) is 0 Å². The molecule has 3 aliphatic heterocycles.